The van der Waals surface area contributed by atoms with E-state index in [9.17, 15) is 9.59 Å². The number of halogens is 2. The number of aromatic nitrogens is 3. The monoisotopic (exact) mass is 467 g/mol. The molecule has 7 nitrogen and oxygen atoms in total. The van der Waals surface area contributed by atoms with Crippen molar-refractivity contribution >= 4 is 55.4 Å². The van der Waals surface area contributed by atoms with Gasteiger partial charge in [0.05, 0.1) is 26.9 Å². The second-order valence-electron chi connectivity index (χ2n) is 8.45. The number of likely N-dealkylation sites (tertiary alicyclic amines) is 1. The quantitative estimate of drug-likeness (QED) is 0.453. The van der Waals surface area contributed by atoms with Crippen molar-refractivity contribution < 1.29 is 18.4 Å². The van der Waals surface area contributed by atoms with Gasteiger partial charge in [0.1, 0.15) is 24.1 Å². The van der Waals surface area contributed by atoms with Crippen molar-refractivity contribution in [3.8, 4) is 0 Å². The van der Waals surface area contributed by atoms with Gasteiger partial charge in [0.2, 0.25) is 0 Å². The van der Waals surface area contributed by atoms with Crippen LogP contribution in [0.1, 0.15) is 17.3 Å². The van der Waals surface area contributed by atoms with E-state index in [2.05, 4.69) is 15.4 Å². The number of para-hydroxylation sites is 1. The lowest BCUT2D eigenvalue weighted by molar-refractivity contribution is -0.122. The number of imide groups is 1. The van der Waals surface area contributed by atoms with Gasteiger partial charge in [-0.15, -0.1) is 11.3 Å². The number of carbonyl (C=O) groups excluding carboxylic acids is 2. The molecular weight excluding hydrogens is 448 g/mol. The maximum atomic E-state index is 15.0. The summed E-state index contributed by atoms with van der Waals surface area (Å²) in [7, 11) is 1.68. The average molecular weight is 468 g/mol. The van der Waals surface area contributed by atoms with Gasteiger partial charge in [0.15, 0.2) is 0 Å². The lowest BCUT2D eigenvalue weighted by atomic mass is 9.99. The summed E-state index contributed by atoms with van der Waals surface area (Å²) < 4.78 is 32.3. The Morgan fingerprint density at radius 3 is 2.58 bits per heavy atom. The van der Waals surface area contributed by atoms with Crippen molar-refractivity contribution in [2.24, 2.45) is 0 Å². The molecule has 2 unspecified atom stereocenters. The van der Waals surface area contributed by atoms with E-state index in [4.69, 9.17) is 0 Å². The summed E-state index contributed by atoms with van der Waals surface area (Å²) in [5.74, 6) is -1.10. The first kappa shape index (κ1) is 20.3. The van der Waals surface area contributed by atoms with E-state index in [1.54, 1.807) is 42.4 Å². The van der Waals surface area contributed by atoms with Crippen LogP contribution in [0.3, 0.4) is 0 Å². The number of aromatic amines is 1. The first-order chi connectivity index (χ1) is 15.9. The predicted molar refractivity (Wildman–Crippen MR) is 122 cm³/mol. The molecule has 10 heteroatoms. The van der Waals surface area contributed by atoms with Gasteiger partial charge >= 0.3 is 0 Å². The van der Waals surface area contributed by atoms with E-state index in [0.717, 1.165) is 10.2 Å². The minimum atomic E-state index is -1.47. The summed E-state index contributed by atoms with van der Waals surface area (Å²) in [4.78, 5) is 30.6. The number of hydrogen-bond donors (Lipinski definition) is 2. The van der Waals surface area contributed by atoms with Crippen LogP contribution >= 0.6 is 11.3 Å². The van der Waals surface area contributed by atoms with Gasteiger partial charge in [-0.25, -0.2) is 8.78 Å². The summed E-state index contributed by atoms with van der Waals surface area (Å²) in [5, 5.41) is 9.40. The fourth-order valence-corrected chi connectivity index (χ4v) is 5.77. The lowest BCUT2D eigenvalue weighted by Gasteiger charge is -2.35. The smallest absolute Gasteiger partial charge is 0.261 e. The summed E-state index contributed by atoms with van der Waals surface area (Å²) in [5.41, 5.74) is 2.54. The number of benzene rings is 1. The summed E-state index contributed by atoms with van der Waals surface area (Å²) >= 11 is 1.45. The number of carbonyl (C=O) groups is 2. The van der Waals surface area contributed by atoms with Crippen LogP contribution in [-0.2, 0) is 9.59 Å². The molecule has 1 saturated heterocycles. The van der Waals surface area contributed by atoms with Crippen LogP contribution in [0.5, 0.6) is 0 Å². The van der Waals surface area contributed by atoms with Gasteiger partial charge in [-0.3, -0.25) is 19.6 Å². The van der Waals surface area contributed by atoms with E-state index in [0.29, 0.717) is 16.5 Å². The summed E-state index contributed by atoms with van der Waals surface area (Å²) in [6, 6.07) is 7.78. The first-order valence-electron chi connectivity index (χ1n) is 10.5. The maximum Gasteiger partial charge on any atom is 0.261 e. The van der Waals surface area contributed by atoms with Crippen LogP contribution in [0.4, 0.5) is 8.78 Å². The number of amides is 2. The Hall–Kier alpha value is -3.37. The van der Waals surface area contributed by atoms with E-state index < -0.39 is 30.2 Å². The van der Waals surface area contributed by atoms with Gasteiger partial charge in [0, 0.05) is 30.2 Å². The Labute approximate surface area is 190 Å². The van der Waals surface area contributed by atoms with Crippen molar-refractivity contribution in [3.05, 3.63) is 53.2 Å². The third kappa shape index (κ3) is 2.97. The van der Waals surface area contributed by atoms with Gasteiger partial charge in [-0.05, 0) is 24.6 Å². The van der Waals surface area contributed by atoms with Gasteiger partial charge < -0.3 is 9.88 Å². The normalized spacial score (nSPS) is 24.4. The highest BCUT2D eigenvalue weighted by molar-refractivity contribution is 7.17. The maximum absolute atomic E-state index is 15.0. The third-order valence-electron chi connectivity index (χ3n) is 6.33. The molecule has 33 heavy (non-hydrogen) atoms. The van der Waals surface area contributed by atoms with E-state index >= 15 is 8.78 Å². The number of alkyl halides is 2. The van der Waals surface area contributed by atoms with Crippen LogP contribution < -0.4 is 5.32 Å². The fraction of sp³-hybridized carbons (Fsp3) is 0.261. The minimum absolute atomic E-state index is 0.0846. The van der Waals surface area contributed by atoms with Gasteiger partial charge in [-0.2, -0.15) is 5.10 Å². The molecular formula is C23H19F2N5O2S. The second kappa shape index (κ2) is 7.32. The molecule has 0 saturated carbocycles. The predicted octanol–water partition coefficient (Wildman–Crippen LogP) is 3.31. The topological polar surface area (TPSA) is 83.0 Å². The van der Waals surface area contributed by atoms with E-state index in [1.807, 2.05) is 11.4 Å². The van der Waals surface area contributed by atoms with Crippen LogP contribution in [-0.4, -0.2) is 64.0 Å². The van der Waals surface area contributed by atoms with Crippen LogP contribution in [0.15, 0.2) is 41.9 Å². The van der Waals surface area contributed by atoms with Gasteiger partial charge in [0.25, 0.3) is 11.8 Å². The standard InChI is InChI=1S/C23H19F2N5O2S/c1-29-9-13(24)20(14(25)10-29)30-16-5-3-2-4-11(16)19(28-30)18-17(22(31)27-23(18)32)12-8-26-15-6-7-33-21(12)15/h2-8,13-14,20,26H,9-10H2,1H3,(H,27,31,32). The van der Waals surface area contributed by atoms with E-state index in [1.165, 1.54) is 16.0 Å². The number of H-pyrrole nitrogens is 1. The number of rotatable bonds is 3. The van der Waals surface area contributed by atoms with Crippen molar-refractivity contribution in [2.45, 2.75) is 18.4 Å². The highest BCUT2D eigenvalue weighted by Crippen LogP contribution is 2.40. The minimum Gasteiger partial charge on any atom is -0.360 e. The van der Waals surface area contributed by atoms with Crippen molar-refractivity contribution in [3.63, 3.8) is 0 Å². The Morgan fingerprint density at radius 2 is 1.79 bits per heavy atom. The average Bonchev–Trinajstić information content (AvgIpc) is 3.51. The molecule has 0 aliphatic carbocycles. The highest BCUT2D eigenvalue weighted by Gasteiger charge is 2.41. The zero-order valence-electron chi connectivity index (χ0n) is 17.5. The molecule has 0 radical (unpaired) electrons. The molecule has 2 aliphatic rings. The number of nitrogens with zero attached hydrogens (tertiary/aromatic N) is 3. The molecule has 5 heterocycles. The van der Waals surface area contributed by atoms with Crippen molar-refractivity contribution in [1.29, 1.82) is 0 Å². The molecule has 4 aromatic rings. The molecule has 1 fully saturated rings. The number of thiophene rings is 1. The number of hydrogen-bond acceptors (Lipinski definition) is 5. The summed E-state index contributed by atoms with van der Waals surface area (Å²) in [6.07, 6.45) is -1.25. The lowest BCUT2D eigenvalue weighted by Crippen LogP contribution is -2.48. The SMILES string of the molecule is CN1CC(F)C(n2nc(C3=C(c4c[nH]c5ccsc45)C(=O)NC3=O)c3ccccc32)C(F)C1. The number of fused-ring (bicyclic) bond motifs is 2. The van der Waals surface area contributed by atoms with Gasteiger partial charge in [-0.1, -0.05) is 18.2 Å². The highest BCUT2D eigenvalue weighted by atomic mass is 32.1. The molecule has 1 aromatic carbocycles. The van der Waals surface area contributed by atoms with Crippen LogP contribution in [0, 0.1) is 0 Å². The second-order valence-corrected chi connectivity index (χ2v) is 9.37. The fourth-order valence-electron chi connectivity index (χ4n) is 4.89. The Balaban J connectivity index is 1.60. The largest absolute Gasteiger partial charge is 0.360 e. The zero-order chi connectivity index (χ0) is 22.9. The molecule has 0 spiro atoms. The molecule has 2 atom stereocenters. The molecule has 2 amide bonds. The molecule has 168 valence electrons. The van der Waals surface area contributed by atoms with Crippen LogP contribution in [0.25, 0.3) is 32.3 Å². The number of piperidine rings is 1. The molecule has 2 aliphatic heterocycles. The Kier molecular flexibility index (Phi) is 4.49. The van der Waals surface area contributed by atoms with Crippen LogP contribution in [0.2, 0.25) is 0 Å². The molecule has 0 bridgehead atoms. The summed E-state index contributed by atoms with van der Waals surface area (Å²) in [6.45, 7) is 0.169. The van der Waals surface area contributed by atoms with Crippen molar-refractivity contribution in [1.82, 2.24) is 25.0 Å². The number of nitrogens with one attached hydrogen (secondary N) is 2. The Morgan fingerprint density at radius 1 is 1.06 bits per heavy atom. The Bertz CT molecular complexity index is 1460. The first-order valence-corrected chi connectivity index (χ1v) is 11.4. The molecule has 6 rings (SSSR count). The molecule has 2 N–H and O–H groups in total. The zero-order valence-corrected chi connectivity index (χ0v) is 18.3. The van der Waals surface area contributed by atoms with Crippen molar-refractivity contribution in [2.75, 3.05) is 20.1 Å². The molecule has 3 aromatic heterocycles. The third-order valence-corrected chi connectivity index (χ3v) is 7.28. The van der Waals surface area contributed by atoms with E-state index in [-0.39, 0.29) is 29.9 Å².